The molecule has 0 aromatic carbocycles. The van der Waals surface area contributed by atoms with Crippen LogP contribution in [-0.2, 0) is 14.3 Å². The molecule has 0 amide bonds. The van der Waals surface area contributed by atoms with E-state index in [0.717, 1.165) is 44.8 Å². The molecule has 2 aliphatic rings. The average molecular weight is 252 g/mol. The van der Waals surface area contributed by atoms with Crippen LogP contribution in [0.1, 0.15) is 38.5 Å². The van der Waals surface area contributed by atoms with Crippen molar-refractivity contribution in [2.24, 2.45) is 11.8 Å². The average Bonchev–Trinajstić information content (AvgIpc) is 2.93. The lowest BCUT2D eigenvalue weighted by Crippen LogP contribution is -2.28. The first kappa shape index (κ1) is 13.3. The van der Waals surface area contributed by atoms with E-state index in [1.165, 1.54) is 6.08 Å². The van der Waals surface area contributed by atoms with Gasteiger partial charge in [-0.3, -0.25) is 0 Å². The van der Waals surface area contributed by atoms with E-state index < -0.39 is 5.97 Å². The monoisotopic (exact) mass is 252 g/mol. The van der Waals surface area contributed by atoms with E-state index in [-0.39, 0.29) is 12.0 Å². The Bertz CT molecular complexity index is 337. The second-order valence-electron chi connectivity index (χ2n) is 5.19. The first-order valence-corrected chi connectivity index (χ1v) is 6.72. The van der Waals surface area contributed by atoms with Crippen LogP contribution in [0.4, 0.5) is 0 Å². The van der Waals surface area contributed by atoms with Crippen LogP contribution in [0.3, 0.4) is 0 Å². The zero-order valence-electron chi connectivity index (χ0n) is 10.5. The number of aldehydes is 1. The number of rotatable bonds is 7. The van der Waals surface area contributed by atoms with Crippen molar-refractivity contribution in [3.8, 4) is 0 Å². The number of carboxylic acids is 1. The molecule has 4 nitrogen and oxygen atoms in total. The third-order valence-electron chi connectivity index (χ3n) is 4.06. The van der Waals surface area contributed by atoms with Gasteiger partial charge in [-0.25, -0.2) is 4.79 Å². The Morgan fingerprint density at radius 1 is 1.28 bits per heavy atom. The van der Waals surface area contributed by atoms with Gasteiger partial charge >= 0.3 is 5.97 Å². The SMILES string of the molecule is O=C[C@H]1[C@@H](CCCC/C=C/C(=O)O)[C@H]2CC[C@@H]1O2. The minimum absolute atomic E-state index is 0.0957. The summed E-state index contributed by atoms with van der Waals surface area (Å²) in [5.41, 5.74) is 0. The minimum Gasteiger partial charge on any atom is -0.478 e. The van der Waals surface area contributed by atoms with Gasteiger partial charge in [-0.1, -0.05) is 12.5 Å². The van der Waals surface area contributed by atoms with Gasteiger partial charge < -0.3 is 14.6 Å². The number of allylic oxidation sites excluding steroid dienone is 1. The molecule has 2 heterocycles. The molecule has 2 aliphatic heterocycles. The molecule has 0 aliphatic carbocycles. The van der Waals surface area contributed by atoms with Crippen molar-refractivity contribution >= 4 is 12.3 Å². The zero-order chi connectivity index (χ0) is 13.0. The van der Waals surface area contributed by atoms with E-state index in [1.807, 2.05) is 0 Å². The molecule has 2 bridgehead atoms. The molecule has 2 rings (SSSR count). The lowest BCUT2D eigenvalue weighted by Gasteiger charge is -2.23. The normalized spacial score (nSPS) is 34.2. The van der Waals surface area contributed by atoms with E-state index in [4.69, 9.17) is 9.84 Å². The molecule has 0 unspecified atom stereocenters. The Labute approximate surface area is 107 Å². The maximum Gasteiger partial charge on any atom is 0.327 e. The first-order valence-electron chi connectivity index (χ1n) is 6.72. The van der Waals surface area contributed by atoms with E-state index in [2.05, 4.69) is 0 Å². The standard InChI is InChI=1S/C14H20O4/c15-9-11-10(12-7-8-13(11)18-12)5-3-1-2-4-6-14(16)17/h4,6,9-13H,1-3,5,7-8H2,(H,16,17)/b6-4+/t10-,11+,12-,13+/m1/s1. The van der Waals surface area contributed by atoms with Gasteiger partial charge in [0.25, 0.3) is 0 Å². The van der Waals surface area contributed by atoms with Crippen LogP contribution in [-0.4, -0.2) is 29.6 Å². The summed E-state index contributed by atoms with van der Waals surface area (Å²) in [4.78, 5) is 21.3. The number of ether oxygens (including phenoxy) is 1. The van der Waals surface area contributed by atoms with Crippen LogP contribution in [0.5, 0.6) is 0 Å². The zero-order valence-corrected chi connectivity index (χ0v) is 10.5. The van der Waals surface area contributed by atoms with Gasteiger partial charge in [-0.2, -0.15) is 0 Å². The van der Waals surface area contributed by atoms with Crippen molar-refractivity contribution in [2.75, 3.05) is 0 Å². The first-order chi connectivity index (χ1) is 8.72. The van der Waals surface area contributed by atoms with E-state index in [9.17, 15) is 9.59 Å². The number of unbranched alkanes of at least 4 members (excludes halogenated alkanes) is 2. The topological polar surface area (TPSA) is 63.6 Å². The van der Waals surface area contributed by atoms with Gasteiger partial charge in [0.05, 0.1) is 12.2 Å². The number of fused-ring (bicyclic) bond motifs is 2. The van der Waals surface area contributed by atoms with Crippen LogP contribution in [0.25, 0.3) is 0 Å². The van der Waals surface area contributed by atoms with E-state index >= 15 is 0 Å². The molecule has 0 aromatic heterocycles. The Kier molecular flexibility index (Phi) is 4.53. The number of carbonyl (C=O) groups is 2. The number of aliphatic carboxylic acids is 1. The number of hydrogen-bond donors (Lipinski definition) is 1. The third kappa shape index (κ3) is 2.99. The van der Waals surface area contributed by atoms with Gasteiger partial charge in [-0.05, 0) is 38.0 Å². The third-order valence-corrected chi connectivity index (χ3v) is 4.06. The van der Waals surface area contributed by atoms with Crippen molar-refractivity contribution in [3.05, 3.63) is 12.2 Å². The van der Waals surface area contributed by atoms with Gasteiger partial charge in [0, 0.05) is 12.0 Å². The molecule has 100 valence electrons. The highest BCUT2D eigenvalue weighted by Gasteiger charge is 2.48. The predicted molar refractivity (Wildman–Crippen MR) is 66.2 cm³/mol. The highest BCUT2D eigenvalue weighted by Crippen LogP contribution is 2.44. The Morgan fingerprint density at radius 3 is 2.78 bits per heavy atom. The fourth-order valence-corrected chi connectivity index (χ4v) is 3.20. The summed E-state index contributed by atoms with van der Waals surface area (Å²) in [6.45, 7) is 0. The summed E-state index contributed by atoms with van der Waals surface area (Å²) < 4.78 is 5.78. The number of carbonyl (C=O) groups excluding carboxylic acids is 1. The summed E-state index contributed by atoms with van der Waals surface area (Å²) in [5, 5.41) is 8.44. The van der Waals surface area contributed by atoms with Gasteiger partial charge in [-0.15, -0.1) is 0 Å². The fraction of sp³-hybridized carbons (Fsp3) is 0.714. The highest BCUT2D eigenvalue weighted by atomic mass is 16.5. The molecule has 0 saturated carbocycles. The van der Waals surface area contributed by atoms with Crippen molar-refractivity contribution in [1.82, 2.24) is 0 Å². The van der Waals surface area contributed by atoms with Crippen LogP contribution in [0.15, 0.2) is 12.2 Å². The van der Waals surface area contributed by atoms with E-state index in [0.29, 0.717) is 12.0 Å². The summed E-state index contributed by atoms with van der Waals surface area (Å²) in [6.07, 6.45) is 10.4. The minimum atomic E-state index is -0.891. The molecule has 0 aromatic rings. The molecule has 4 heteroatoms. The largest absolute Gasteiger partial charge is 0.478 e. The molecular weight excluding hydrogens is 232 g/mol. The molecule has 1 N–H and O–H groups in total. The van der Waals surface area contributed by atoms with Gasteiger partial charge in [0.2, 0.25) is 0 Å². The number of hydrogen-bond acceptors (Lipinski definition) is 3. The highest BCUT2D eigenvalue weighted by molar-refractivity contribution is 5.79. The molecule has 4 atom stereocenters. The second-order valence-corrected chi connectivity index (χ2v) is 5.19. The molecule has 2 saturated heterocycles. The summed E-state index contributed by atoms with van der Waals surface area (Å²) >= 11 is 0. The summed E-state index contributed by atoms with van der Waals surface area (Å²) in [6, 6.07) is 0. The van der Waals surface area contributed by atoms with Crippen LogP contribution in [0.2, 0.25) is 0 Å². The summed E-state index contributed by atoms with van der Waals surface area (Å²) in [5.74, 6) is -0.402. The van der Waals surface area contributed by atoms with Crippen molar-refractivity contribution in [3.63, 3.8) is 0 Å². The van der Waals surface area contributed by atoms with Crippen LogP contribution >= 0.6 is 0 Å². The fourth-order valence-electron chi connectivity index (χ4n) is 3.20. The van der Waals surface area contributed by atoms with E-state index in [1.54, 1.807) is 6.08 Å². The smallest absolute Gasteiger partial charge is 0.327 e. The molecule has 18 heavy (non-hydrogen) atoms. The Hall–Kier alpha value is -1.16. The van der Waals surface area contributed by atoms with Crippen LogP contribution < -0.4 is 0 Å². The molecule has 2 fully saturated rings. The maximum atomic E-state index is 11.1. The molecule has 0 spiro atoms. The van der Waals surface area contributed by atoms with Gasteiger partial charge in [0.15, 0.2) is 0 Å². The molecule has 0 radical (unpaired) electrons. The molecular formula is C14H20O4. The van der Waals surface area contributed by atoms with Gasteiger partial charge in [0.1, 0.15) is 6.29 Å². The Morgan fingerprint density at radius 2 is 2.06 bits per heavy atom. The van der Waals surface area contributed by atoms with Crippen molar-refractivity contribution < 1.29 is 19.4 Å². The maximum absolute atomic E-state index is 11.1. The number of carboxylic acid groups (broad SMARTS) is 1. The lowest BCUT2D eigenvalue weighted by atomic mass is 9.77. The van der Waals surface area contributed by atoms with Crippen molar-refractivity contribution in [1.29, 1.82) is 0 Å². The summed E-state index contributed by atoms with van der Waals surface area (Å²) in [7, 11) is 0. The quantitative estimate of drug-likeness (QED) is 0.428. The second kappa shape index (κ2) is 6.14. The lowest BCUT2D eigenvalue weighted by molar-refractivity contribution is -0.131. The predicted octanol–water partition coefficient (Wildman–Crippen LogP) is 2.18. The van der Waals surface area contributed by atoms with Crippen molar-refractivity contribution in [2.45, 2.75) is 50.7 Å². The Balaban J connectivity index is 1.67. The van der Waals surface area contributed by atoms with Crippen LogP contribution in [0, 0.1) is 11.8 Å².